The highest BCUT2D eigenvalue weighted by Crippen LogP contribution is 2.18. The highest BCUT2D eigenvalue weighted by Gasteiger charge is 2.12. The maximum atomic E-state index is 10.2. The number of aliphatic hydroxyl groups excluding tert-OH is 1. The second-order valence-electron chi connectivity index (χ2n) is 4.74. The van der Waals surface area contributed by atoms with Crippen molar-refractivity contribution in [3.63, 3.8) is 0 Å². The molecule has 3 nitrogen and oxygen atoms in total. The number of hydrogen-bond acceptors (Lipinski definition) is 3. The van der Waals surface area contributed by atoms with Gasteiger partial charge in [0, 0.05) is 19.5 Å². The van der Waals surface area contributed by atoms with Crippen LogP contribution in [0, 0.1) is 25.2 Å². The van der Waals surface area contributed by atoms with E-state index in [-0.39, 0.29) is 0 Å². The highest BCUT2D eigenvalue weighted by atomic mass is 16.3. The fraction of sp³-hybridized carbons (Fsp3) is 0.533. The summed E-state index contributed by atoms with van der Waals surface area (Å²) in [6, 6.07) is 8.29. The van der Waals surface area contributed by atoms with Crippen LogP contribution in [0.3, 0.4) is 0 Å². The second-order valence-corrected chi connectivity index (χ2v) is 4.74. The molecule has 1 rings (SSSR count). The van der Waals surface area contributed by atoms with Crippen molar-refractivity contribution in [2.75, 3.05) is 19.6 Å². The van der Waals surface area contributed by atoms with Crippen LogP contribution in [0.4, 0.5) is 0 Å². The summed E-state index contributed by atoms with van der Waals surface area (Å²) >= 11 is 0. The quantitative estimate of drug-likeness (QED) is 0.839. The summed E-state index contributed by atoms with van der Waals surface area (Å²) in [4.78, 5) is 2.10. The third kappa shape index (κ3) is 4.48. The van der Waals surface area contributed by atoms with Crippen LogP contribution in [0.5, 0.6) is 0 Å². The summed E-state index contributed by atoms with van der Waals surface area (Å²) in [7, 11) is 0. The average Bonchev–Trinajstić information content (AvgIpc) is 2.32. The minimum Gasteiger partial charge on any atom is -0.387 e. The second kappa shape index (κ2) is 7.15. The zero-order valence-corrected chi connectivity index (χ0v) is 11.5. The smallest absolute Gasteiger partial charge is 0.0917 e. The average molecular weight is 246 g/mol. The molecule has 0 aliphatic rings. The van der Waals surface area contributed by atoms with Crippen molar-refractivity contribution in [2.45, 2.75) is 33.3 Å². The molecule has 1 atom stereocenters. The van der Waals surface area contributed by atoms with Gasteiger partial charge in [-0.25, -0.2) is 0 Å². The number of benzene rings is 1. The Morgan fingerprint density at radius 1 is 1.28 bits per heavy atom. The van der Waals surface area contributed by atoms with Crippen LogP contribution in [0.25, 0.3) is 0 Å². The van der Waals surface area contributed by atoms with E-state index in [1.807, 2.05) is 32.9 Å². The Balaban J connectivity index is 2.68. The van der Waals surface area contributed by atoms with Crippen molar-refractivity contribution in [1.29, 1.82) is 5.26 Å². The maximum absolute atomic E-state index is 10.2. The summed E-state index contributed by atoms with van der Waals surface area (Å²) < 4.78 is 0. The zero-order chi connectivity index (χ0) is 13.5. The number of rotatable bonds is 6. The van der Waals surface area contributed by atoms with Crippen molar-refractivity contribution in [2.24, 2.45) is 0 Å². The minimum atomic E-state index is -0.484. The first-order chi connectivity index (χ1) is 8.56. The molecule has 1 N–H and O–H groups in total. The van der Waals surface area contributed by atoms with Crippen molar-refractivity contribution < 1.29 is 5.11 Å². The molecule has 1 aromatic rings. The van der Waals surface area contributed by atoms with E-state index in [2.05, 4.69) is 17.0 Å². The number of aliphatic hydroxyl groups is 1. The van der Waals surface area contributed by atoms with Crippen molar-refractivity contribution in [1.82, 2.24) is 4.90 Å². The molecule has 0 aliphatic carbocycles. The van der Waals surface area contributed by atoms with E-state index in [9.17, 15) is 5.11 Å². The Morgan fingerprint density at radius 2 is 1.89 bits per heavy atom. The SMILES string of the molecule is CCN(CCC#N)CC(O)c1cc(C)cc(C)c1. The summed E-state index contributed by atoms with van der Waals surface area (Å²) in [5.41, 5.74) is 3.30. The van der Waals surface area contributed by atoms with Gasteiger partial charge in [-0.15, -0.1) is 0 Å². The normalized spacial score (nSPS) is 12.4. The van der Waals surface area contributed by atoms with Gasteiger partial charge in [0.2, 0.25) is 0 Å². The van der Waals surface area contributed by atoms with Gasteiger partial charge >= 0.3 is 0 Å². The molecule has 1 unspecified atom stereocenters. The highest BCUT2D eigenvalue weighted by molar-refractivity contribution is 5.30. The van der Waals surface area contributed by atoms with Crippen LogP contribution in [-0.4, -0.2) is 29.6 Å². The molecule has 1 aromatic carbocycles. The lowest BCUT2D eigenvalue weighted by Crippen LogP contribution is -2.29. The van der Waals surface area contributed by atoms with Gasteiger partial charge in [-0.1, -0.05) is 36.2 Å². The van der Waals surface area contributed by atoms with Crippen LogP contribution in [-0.2, 0) is 0 Å². The van der Waals surface area contributed by atoms with E-state index in [0.717, 1.165) is 18.7 Å². The molecule has 0 saturated carbocycles. The largest absolute Gasteiger partial charge is 0.387 e. The summed E-state index contributed by atoms with van der Waals surface area (Å²) in [5.74, 6) is 0. The summed E-state index contributed by atoms with van der Waals surface area (Å²) in [5, 5.41) is 18.8. The van der Waals surface area contributed by atoms with Gasteiger partial charge in [0.1, 0.15) is 0 Å². The topological polar surface area (TPSA) is 47.3 Å². The molecule has 0 amide bonds. The zero-order valence-electron chi connectivity index (χ0n) is 11.5. The minimum absolute atomic E-state index is 0.484. The molecule has 98 valence electrons. The van der Waals surface area contributed by atoms with Crippen molar-refractivity contribution in [3.05, 3.63) is 34.9 Å². The first kappa shape index (κ1) is 14.7. The van der Waals surface area contributed by atoms with Gasteiger partial charge in [0.05, 0.1) is 12.2 Å². The van der Waals surface area contributed by atoms with Gasteiger partial charge < -0.3 is 5.11 Å². The Hall–Kier alpha value is -1.37. The molecule has 3 heteroatoms. The van der Waals surface area contributed by atoms with Crippen LogP contribution in [0.15, 0.2) is 18.2 Å². The Labute approximate surface area is 110 Å². The molecular weight excluding hydrogens is 224 g/mol. The monoisotopic (exact) mass is 246 g/mol. The molecule has 0 bridgehead atoms. The fourth-order valence-electron chi connectivity index (χ4n) is 2.14. The Kier molecular flexibility index (Phi) is 5.84. The Morgan fingerprint density at radius 3 is 2.39 bits per heavy atom. The number of likely N-dealkylation sites (N-methyl/N-ethyl adjacent to an activating group) is 1. The van der Waals surface area contributed by atoms with Gasteiger partial charge in [-0.3, -0.25) is 4.90 Å². The molecule has 0 fully saturated rings. The molecule has 0 spiro atoms. The van der Waals surface area contributed by atoms with Gasteiger partial charge in [0.15, 0.2) is 0 Å². The van der Waals surface area contributed by atoms with Crippen LogP contribution < -0.4 is 0 Å². The number of nitrogens with zero attached hydrogens (tertiary/aromatic N) is 2. The summed E-state index contributed by atoms with van der Waals surface area (Å²) in [6.45, 7) is 8.28. The molecule has 0 radical (unpaired) electrons. The van der Waals surface area contributed by atoms with Crippen LogP contribution in [0.1, 0.15) is 36.1 Å². The predicted octanol–water partition coefficient (Wildman–Crippen LogP) is 2.57. The van der Waals surface area contributed by atoms with E-state index in [1.54, 1.807) is 0 Å². The lowest BCUT2D eigenvalue weighted by Gasteiger charge is -2.23. The molecule has 18 heavy (non-hydrogen) atoms. The first-order valence-corrected chi connectivity index (χ1v) is 6.42. The van der Waals surface area contributed by atoms with Crippen LogP contribution in [0.2, 0.25) is 0 Å². The van der Waals surface area contributed by atoms with E-state index in [4.69, 9.17) is 5.26 Å². The van der Waals surface area contributed by atoms with Crippen molar-refractivity contribution >= 4 is 0 Å². The molecule has 0 heterocycles. The number of nitriles is 1. The van der Waals surface area contributed by atoms with E-state index in [0.29, 0.717) is 13.0 Å². The van der Waals surface area contributed by atoms with Crippen LogP contribution >= 0.6 is 0 Å². The summed E-state index contributed by atoms with van der Waals surface area (Å²) in [6.07, 6.45) is 0.0233. The maximum Gasteiger partial charge on any atom is 0.0917 e. The van der Waals surface area contributed by atoms with E-state index >= 15 is 0 Å². The number of aryl methyl sites for hydroxylation is 2. The predicted molar refractivity (Wildman–Crippen MR) is 73.2 cm³/mol. The lowest BCUT2D eigenvalue weighted by molar-refractivity contribution is 0.117. The Bertz CT molecular complexity index is 403. The molecule has 0 aliphatic heterocycles. The lowest BCUT2D eigenvalue weighted by atomic mass is 10.0. The fourth-order valence-corrected chi connectivity index (χ4v) is 2.14. The number of hydrogen-bond donors (Lipinski definition) is 1. The van der Waals surface area contributed by atoms with Gasteiger partial charge in [0.25, 0.3) is 0 Å². The third-order valence-corrected chi connectivity index (χ3v) is 3.05. The van der Waals surface area contributed by atoms with Gasteiger partial charge in [-0.05, 0) is 26.0 Å². The van der Waals surface area contributed by atoms with E-state index in [1.165, 1.54) is 11.1 Å². The third-order valence-electron chi connectivity index (χ3n) is 3.05. The molecule has 0 saturated heterocycles. The van der Waals surface area contributed by atoms with Gasteiger partial charge in [-0.2, -0.15) is 5.26 Å². The first-order valence-electron chi connectivity index (χ1n) is 6.42. The molecule has 0 aromatic heterocycles. The standard InChI is InChI=1S/C15H22N2O/c1-4-17(7-5-6-16)11-15(18)14-9-12(2)8-13(3)10-14/h8-10,15,18H,4-5,7,11H2,1-3H3. The van der Waals surface area contributed by atoms with E-state index < -0.39 is 6.10 Å². The molecular formula is C15H22N2O. The van der Waals surface area contributed by atoms with Crippen molar-refractivity contribution in [3.8, 4) is 6.07 Å².